The highest BCUT2D eigenvalue weighted by molar-refractivity contribution is 5.98. The van der Waals surface area contributed by atoms with Gasteiger partial charge in [0.1, 0.15) is 5.75 Å². The Labute approximate surface area is 106 Å². The van der Waals surface area contributed by atoms with Crippen LogP contribution in [0.3, 0.4) is 0 Å². The molecular formula is C15H15NO2. The maximum absolute atomic E-state index is 11.4. The van der Waals surface area contributed by atoms with Crippen LogP contribution in [-0.2, 0) is 0 Å². The number of amides is 1. The van der Waals surface area contributed by atoms with Crippen LogP contribution in [0, 0.1) is 6.92 Å². The first-order valence-corrected chi connectivity index (χ1v) is 5.68. The molecule has 0 aliphatic carbocycles. The molecule has 0 heterocycles. The predicted molar refractivity (Wildman–Crippen MR) is 71.7 cm³/mol. The summed E-state index contributed by atoms with van der Waals surface area (Å²) in [5, 5.41) is 0. The van der Waals surface area contributed by atoms with Crippen LogP contribution in [0.25, 0.3) is 11.1 Å². The third kappa shape index (κ3) is 2.07. The van der Waals surface area contributed by atoms with Crippen molar-refractivity contribution < 1.29 is 9.53 Å². The van der Waals surface area contributed by atoms with Gasteiger partial charge in [0.2, 0.25) is 0 Å². The molecule has 0 aromatic heterocycles. The SMILES string of the molecule is COc1c(C(N)=O)ccc(C)c1-c1ccccc1. The Morgan fingerprint density at radius 2 is 1.78 bits per heavy atom. The van der Waals surface area contributed by atoms with Gasteiger partial charge in [-0.2, -0.15) is 0 Å². The smallest absolute Gasteiger partial charge is 0.252 e. The molecule has 92 valence electrons. The number of hydrogen-bond donors (Lipinski definition) is 1. The minimum Gasteiger partial charge on any atom is -0.495 e. The highest BCUT2D eigenvalue weighted by atomic mass is 16.5. The first-order valence-electron chi connectivity index (χ1n) is 5.68. The van der Waals surface area contributed by atoms with E-state index in [0.717, 1.165) is 16.7 Å². The number of rotatable bonds is 3. The molecule has 0 aliphatic rings. The summed E-state index contributed by atoms with van der Waals surface area (Å²) >= 11 is 0. The van der Waals surface area contributed by atoms with Gasteiger partial charge < -0.3 is 10.5 Å². The van der Waals surface area contributed by atoms with Crippen molar-refractivity contribution in [2.45, 2.75) is 6.92 Å². The van der Waals surface area contributed by atoms with Gasteiger partial charge in [-0.05, 0) is 24.1 Å². The predicted octanol–water partition coefficient (Wildman–Crippen LogP) is 2.77. The van der Waals surface area contributed by atoms with E-state index in [1.54, 1.807) is 13.2 Å². The largest absolute Gasteiger partial charge is 0.495 e. The van der Waals surface area contributed by atoms with E-state index in [-0.39, 0.29) is 0 Å². The minimum absolute atomic E-state index is 0.405. The second kappa shape index (κ2) is 4.92. The maximum atomic E-state index is 11.4. The molecule has 0 radical (unpaired) electrons. The fourth-order valence-electron chi connectivity index (χ4n) is 2.05. The van der Waals surface area contributed by atoms with Gasteiger partial charge >= 0.3 is 0 Å². The topological polar surface area (TPSA) is 52.3 Å². The van der Waals surface area contributed by atoms with E-state index in [1.165, 1.54) is 0 Å². The van der Waals surface area contributed by atoms with Crippen LogP contribution in [0.4, 0.5) is 0 Å². The Morgan fingerprint density at radius 1 is 1.11 bits per heavy atom. The number of nitrogens with two attached hydrogens (primary N) is 1. The Kier molecular flexibility index (Phi) is 3.33. The van der Waals surface area contributed by atoms with Gasteiger partial charge in [-0.15, -0.1) is 0 Å². The third-order valence-electron chi connectivity index (χ3n) is 2.90. The van der Waals surface area contributed by atoms with E-state index >= 15 is 0 Å². The van der Waals surface area contributed by atoms with Crippen LogP contribution in [-0.4, -0.2) is 13.0 Å². The number of carbonyl (C=O) groups is 1. The van der Waals surface area contributed by atoms with Crippen LogP contribution in [0.2, 0.25) is 0 Å². The van der Waals surface area contributed by atoms with Gasteiger partial charge in [0.25, 0.3) is 5.91 Å². The second-order valence-electron chi connectivity index (χ2n) is 4.07. The molecule has 2 aromatic rings. The highest BCUT2D eigenvalue weighted by Crippen LogP contribution is 2.35. The van der Waals surface area contributed by atoms with Crippen LogP contribution in [0.5, 0.6) is 5.75 Å². The summed E-state index contributed by atoms with van der Waals surface area (Å²) in [6.45, 7) is 1.98. The van der Waals surface area contributed by atoms with Gasteiger partial charge in [-0.1, -0.05) is 36.4 Å². The molecule has 0 unspecified atom stereocenters. The quantitative estimate of drug-likeness (QED) is 0.898. The van der Waals surface area contributed by atoms with E-state index in [4.69, 9.17) is 10.5 Å². The van der Waals surface area contributed by atoms with Gasteiger partial charge in [0.05, 0.1) is 12.7 Å². The lowest BCUT2D eigenvalue weighted by Crippen LogP contribution is -2.13. The zero-order valence-electron chi connectivity index (χ0n) is 10.4. The van der Waals surface area contributed by atoms with E-state index in [2.05, 4.69) is 0 Å². The van der Waals surface area contributed by atoms with Crippen molar-refractivity contribution in [3.05, 3.63) is 53.6 Å². The zero-order valence-corrected chi connectivity index (χ0v) is 10.4. The number of benzene rings is 2. The number of hydrogen-bond acceptors (Lipinski definition) is 2. The maximum Gasteiger partial charge on any atom is 0.252 e. The van der Waals surface area contributed by atoms with Gasteiger partial charge in [0, 0.05) is 5.56 Å². The summed E-state index contributed by atoms with van der Waals surface area (Å²) in [5.74, 6) is 0.0535. The molecule has 0 atom stereocenters. The lowest BCUT2D eigenvalue weighted by Gasteiger charge is -2.14. The van der Waals surface area contributed by atoms with Crippen molar-refractivity contribution >= 4 is 5.91 Å². The van der Waals surface area contributed by atoms with Crippen LogP contribution >= 0.6 is 0 Å². The summed E-state index contributed by atoms with van der Waals surface area (Å²) in [6, 6.07) is 13.4. The Hall–Kier alpha value is -2.29. The molecule has 3 heteroatoms. The molecule has 0 bridgehead atoms. The normalized spacial score (nSPS) is 10.1. The molecular weight excluding hydrogens is 226 g/mol. The Balaban J connectivity index is 2.73. The molecule has 0 saturated carbocycles. The van der Waals surface area contributed by atoms with Gasteiger partial charge in [-0.25, -0.2) is 0 Å². The molecule has 0 spiro atoms. The summed E-state index contributed by atoms with van der Waals surface area (Å²) < 4.78 is 5.37. The molecule has 2 rings (SSSR count). The molecule has 0 aliphatic heterocycles. The number of primary amides is 1. The first-order chi connectivity index (χ1) is 8.65. The van der Waals surface area contributed by atoms with Crippen molar-refractivity contribution in [2.24, 2.45) is 5.73 Å². The van der Waals surface area contributed by atoms with E-state index in [9.17, 15) is 4.79 Å². The monoisotopic (exact) mass is 241 g/mol. The van der Waals surface area contributed by atoms with Crippen LogP contribution in [0.1, 0.15) is 15.9 Å². The van der Waals surface area contributed by atoms with Crippen LogP contribution < -0.4 is 10.5 Å². The number of methoxy groups -OCH3 is 1. The van der Waals surface area contributed by atoms with E-state index < -0.39 is 5.91 Å². The molecule has 1 amide bonds. The van der Waals surface area contributed by atoms with Crippen molar-refractivity contribution in [1.82, 2.24) is 0 Å². The van der Waals surface area contributed by atoms with E-state index in [1.807, 2.05) is 43.3 Å². The average molecular weight is 241 g/mol. The lowest BCUT2D eigenvalue weighted by molar-refractivity contribution is 0.0997. The number of ether oxygens (including phenoxy) is 1. The molecule has 0 fully saturated rings. The fourth-order valence-corrected chi connectivity index (χ4v) is 2.05. The van der Waals surface area contributed by atoms with E-state index in [0.29, 0.717) is 11.3 Å². The van der Waals surface area contributed by atoms with Crippen molar-refractivity contribution in [2.75, 3.05) is 7.11 Å². The summed E-state index contributed by atoms with van der Waals surface area (Å²) in [7, 11) is 1.55. The Morgan fingerprint density at radius 3 is 2.33 bits per heavy atom. The number of carbonyl (C=O) groups excluding carboxylic acids is 1. The van der Waals surface area contributed by atoms with Crippen molar-refractivity contribution in [3.63, 3.8) is 0 Å². The minimum atomic E-state index is -0.482. The molecule has 0 saturated heterocycles. The summed E-state index contributed by atoms with van der Waals surface area (Å²) in [4.78, 5) is 11.4. The fraction of sp³-hybridized carbons (Fsp3) is 0.133. The zero-order chi connectivity index (χ0) is 13.1. The standard InChI is InChI=1S/C15H15NO2/c1-10-8-9-12(15(16)17)14(18-2)13(10)11-6-4-3-5-7-11/h3-9H,1-2H3,(H2,16,17). The molecule has 3 nitrogen and oxygen atoms in total. The molecule has 18 heavy (non-hydrogen) atoms. The van der Waals surface area contributed by atoms with Gasteiger partial charge in [0.15, 0.2) is 0 Å². The lowest BCUT2D eigenvalue weighted by atomic mass is 9.96. The Bertz CT molecular complexity index is 577. The third-order valence-corrected chi connectivity index (χ3v) is 2.90. The van der Waals surface area contributed by atoms with Gasteiger partial charge in [-0.3, -0.25) is 4.79 Å². The number of aryl methyl sites for hydroxylation is 1. The first kappa shape index (κ1) is 12.2. The van der Waals surface area contributed by atoms with Crippen molar-refractivity contribution in [1.29, 1.82) is 0 Å². The summed E-state index contributed by atoms with van der Waals surface area (Å²) in [6.07, 6.45) is 0. The van der Waals surface area contributed by atoms with Crippen LogP contribution in [0.15, 0.2) is 42.5 Å². The average Bonchev–Trinajstić information content (AvgIpc) is 2.38. The highest BCUT2D eigenvalue weighted by Gasteiger charge is 2.16. The summed E-state index contributed by atoms with van der Waals surface area (Å²) in [5.41, 5.74) is 8.74. The second-order valence-corrected chi connectivity index (χ2v) is 4.07. The molecule has 2 aromatic carbocycles. The van der Waals surface area contributed by atoms with Crippen molar-refractivity contribution in [3.8, 4) is 16.9 Å². The molecule has 2 N–H and O–H groups in total.